The molecule has 2 aliphatic heterocycles. The SMILES string of the molecule is Cc1cc2c3c(c1)N(c1ccc4c(c1C)C(C)(C)CC4(C)C)c1cc4c(cc1B3c1cc(C(C)(C)C)ccc1N2c1cc2c(cc1C)C(C)(C)CCC2(C)C)C(C)(C)CC4(C)C. The molecule has 5 aromatic rings. The molecule has 2 heterocycles. The first-order valence-electron chi connectivity index (χ1n) is 23.9. The second-order valence-corrected chi connectivity index (χ2v) is 25.8. The molecule has 0 fully saturated rings. The highest BCUT2D eigenvalue weighted by molar-refractivity contribution is 7.00. The molecule has 62 heavy (non-hydrogen) atoms. The normalized spacial score (nSPS) is 21.2. The van der Waals surface area contributed by atoms with E-state index in [1.807, 2.05) is 0 Å². The quantitative estimate of drug-likeness (QED) is 0.160. The largest absolute Gasteiger partial charge is 0.311 e. The highest BCUT2D eigenvalue weighted by Crippen LogP contribution is 2.57. The number of benzene rings is 5. The molecule has 5 aromatic carbocycles. The summed E-state index contributed by atoms with van der Waals surface area (Å²) in [5.74, 6) is 0. The first-order chi connectivity index (χ1) is 28.6. The van der Waals surface area contributed by atoms with Crippen molar-refractivity contribution >= 4 is 57.2 Å². The Hall–Kier alpha value is -4.24. The van der Waals surface area contributed by atoms with Gasteiger partial charge in [0, 0.05) is 34.1 Å². The van der Waals surface area contributed by atoms with E-state index in [2.05, 4.69) is 201 Å². The second-order valence-electron chi connectivity index (χ2n) is 25.8. The third kappa shape index (κ3) is 5.74. The van der Waals surface area contributed by atoms with Crippen molar-refractivity contribution in [2.45, 2.75) is 188 Å². The molecule has 0 amide bonds. The Bertz CT molecular complexity index is 2780. The van der Waals surface area contributed by atoms with E-state index in [4.69, 9.17) is 0 Å². The number of anilines is 6. The fourth-order valence-electron chi connectivity index (χ4n) is 14.2. The maximum absolute atomic E-state index is 2.73. The topological polar surface area (TPSA) is 6.48 Å². The van der Waals surface area contributed by atoms with Crippen molar-refractivity contribution in [2.75, 3.05) is 9.80 Å². The molecule has 3 aliphatic carbocycles. The maximum atomic E-state index is 2.73. The molecule has 0 atom stereocenters. The van der Waals surface area contributed by atoms with Crippen LogP contribution in [0, 0.1) is 20.8 Å². The van der Waals surface area contributed by atoms with Gasteiger partial charge in [0.25, 0.3) is 6.71 Å². The van der Waals surface area contributed by atoms with Gasteiger partial charge in [-0.25, -0.2) is 0 Å². The Balaban J connectivity index is 1.34. The van der Waals surface area contributed by atoms with Crippen LogP contribution in [0.3, 0.4) is 0 Å². The van der Waals surface area contributed by atoms with Crippen molar-refractivity contribution in [2.24, 2.45) is 0 Å². The van der Waals surface area contributed by atoms with Gasteiger partial charge in [-0.05, 0) is 193 Å². The summed E-state index contributed by atoms with van der Waals surface area (Å²) in [6, 6.07) is 28.1. The first-order valence-corrected chi connectivity index (χ1v) is 23.9. The van der Waals surface area contributed by atoms with E-state index >= 15 is 0 Å². The lowest BCUT2D eigenvalue weighted by atomic mass is 9.33. The number of fused-ring (bicyclic) bond motifs is 7. The van der Waals surface area contributed by atoms with Gasteiger partial charge < -0.3 is 9.80 Å². The monoisotopic (exact) mass is 821 g/mol. The molecule has 2 nitrogen and oxygen atoms in total. The summed E-state index contributed by atoms with van der Waals surface area (Å²) >= 11 is 0. The van der Waals surface area contributed by atoms with Crippen LogP contribution in [0.4, 0.5) is 34.1 Å². The second kappa shape index (κ2) is 12.5. The van der Waals surface area contributed by atoms with Gasteiger partial charge in [0.05, 0.1) is 0 Å². The Morgan fingerprint density at radius 1 is 0.452 bits per heavy atom. The minimum Gasteiger partial charge on any atom is -0.311 e. The zero-order chi connectivity index (χ0) is 44.8. The molecule has 5 aliphatic rings. The lowest BCUT2D eigenvalue weighted by Crippen LogP contribution is -2.62. The Morgan fingerprint density at radius 3 is 1.55 bits per heavy atom. The molecule has 0 saturated heterocycles. The Morgan fingerprint density at radius 2 is 0.935 bits per heavy atom. The fourth-order valence-corrected chi connectivity index (χ4v) is 14.2. The molecule has 3 heteroatoms. The van der Waals surface area contributed by atoms with Gasteiger partial charge in [-0.15, -0.1) is 0 Å². The van der Waals surface area contributed by atoms with Crippen LogP contribution in [0.1, 0.15) is 185 Å². The van der Waals surface area contributed by atoms with Crippen LogP contribution in [0.15, 0.2) is 66.7 Å². The van der Waals surface area contributed by atoms with E-state index in [1.54, 1.807) is 5.56 Å². The van der Waals surface area contributed by atoms with Crippen molar-refractivity contribution in [3.8, 4) is 0 Å². The predicted molar refractivity (Wildman–Crippen MR) is 270 cm³/mol. The zero-order valence-corrected chi connectivity index (χ0v) is 41.7. The van der Waals surface area contributed by atoms with Crippen molar-refractivity contribution in [3.63, 3.8) is 0 Å². The third-order valence-electron chi connectivity index (χ3n) is 16.9. The number of rotatable bonds is 2. The van der Waals surface area contributed by atoms with Gasteiger partial charge in [0.1, 0.15) is 0 Å². The van der Waals surface area contributed by atoms with Crippen molar-refractivity contribution in [1.82, 2.24) is 0 Å². The van der Waals surface area contributed by atoms with Crippen LogP contribution in [-0.4, -0.2) is 6.71 Å². The summed E-state index contributed by atoms with van der Waals surface area (Å²) in [5, 5.41) is 0. The smallest absolute Gasteiger partial charge is 0.252 e. The predicted octanol–water partition coefficient (Wildman–Crippen LogP) is 14.3. The Labute approximate surface area is 376 Å². The summed E-state index contributed by atoms with van der Waals surface area (Å²) in [6.45, 7) is 44.0. The zero-order valence-electron chi connectivity index (χ0n) is 41.7. The molecule has 0 saturated carbocycles. The molecular weight excluding hydrogens is 747 g/mol. The lowest BCUT2D eigenvalue weighted by molar-refractivity contribution is 0.332. The summed E-state index contributed by atoms with van der Waals surface area (Å²) in [4.78, 5) is 5.43. The van der Waals surface area contributed by atoms with Gasteiger partial charge in [0.2, 0.25) is 0 Å². The van der Waals surface area contributed by atoms with Crippen LogP contribution >= 0.6 is 0 Å². The van der Waals surface area contributed by atoms with Crippen molar-refractivity contribution in [1.29, 1.82) is 0 Å². The summed E-state index contributed by atoms with van der Waals surface area (Å²) in [5.41, 5.74) is 27.5. The number of hydrogen-bond donors (Lipinski definition) is 0. The molecule has 0 unspecified atom stereocenters. The van der Waals surface area contributed by atoms with E-state index < -0.39 is 0 Å². The number of hydrogen-bond acceptors (Lipinski definition) is 2. The minimum absolute atomic E-state index is 0.00315. The maximum Gasteiger partial charge on any atom is 0.252 e. The highest BCUT2D eigenvalue weighted by atomic mass is 15.2. The summed E-state index contributed by atoms with van der Waals surface area (Å²) in [7, 11) is 0. The van der Waals surface area contributed by atoms with Crippen molar-refractivity contribution in [3.05, 3.63) is 122 Å². The summed E-state index contributed by atoms with van der Waals surface area (Å²) in [6.07, 6.45) is 4.71. The Kier molecular flexibility index (Phi) is 8.43. The molecule has 0 bridgehead atoms. The van der Waals surface area contributed by atoms with Crippen LogP contribution in [0.5, 0.6) is 0 Å². The molecule has 10 rings (SSSR count). The van der Waals surface area contributed by atoms with E-state index in [9.17, 15) is 0 Å². The molecule has 0 radical (unpaired) electrons. The average Bonchev–Trinajstić information content (AvgIpc) is 3.46. The molecule has 322 valence electrons. The van der Waals surface area contributed by atoms with Crippen LogP contribution < -0.4 is 26.2 Å². The molecule has 0 N–H and O–H groups in total. The van der Waals surface area contributed by atoms with E-state index in [1.165, 1.54) is 113 Å². The van der Waals surface area contributed by atoms with Crippen LogP contribution in [0.2, 0.25) is 0 Å². The van der Waals surface area contributed by atoms with Gasteiger partial charge in [-0.2, -0.15) is 0 Å². The standard InChI is InChI=1S/C59H73BN2/c1-34-25-49-52-50(26-34)62(47-30-41-39(27-35(47)2)54(7,8)23-24-55(41,9)10)46-21-19-37(53(4,5)6)28-43(46)60(52)44-29-40-42(58(15,16)32-57(40,13)14)31-48(44)61(49)45-22-20-38-51(36(45)3)59(17,18)33-56(38,11)12/h19-22,25-31H,23-24,32-33H2,1-18H3. The first kappa shape index (κ1) is 41.8. The molecule has 0 spiro atoms. The summed E-state index contributed by atoms with van der Waals surface area (Å²) < 4.78 is 0. The molecule has 0 aromatic heterocycles. The molecular formula is C59H73BN2. The van der Waals surface area contributed by atoms with E-state index in [0.29, 0.717) is 0 Å². The fraction of sp³-hybridized carbons (Fsp3) is 0.492. The van der Waals surface area contributed by atoms with Gasteiger partial charge >= 0.3 is 0 Å². The van der Waals surface area contributed by atoms with Crippen LogP contribution in [-0.2, 0) is 37.9 Å². The average molecular weight is 821 g/mol. The number of aryl methyl sites for hydroxylation is 2. The van der Waals surface area contributed by atoms with Crippen molar-refractivity contribution < 1.29 is 0 Å². The van der Waals surface area contributed by atoms with Gasteiger partial charge in [0.15, 0.2) is 0 Å². The van der Waals surface area contributed by atoms with Gasteiger partial charge in [-0.3, -0.25) is 0 Å². The van der Waals surface area contributed by atoms with E-state index in [-0.39, 0.29) is 44.6 Å². The van der Waals surface area contributed by atoms with Gasteiger partial charge in [-0.1, -0.05) is 134 Å². The highest BCUT2D eigenvalue weighted by Gasteiger charge is 2.50. The van der Waals surface area contributed by atoms with E-state index in [0.717, 1.165) is 12.8 Å². The lowest BCUT2D eigenvalue weighted by Gasteiger charge is -2.47. The van der Waals surface area contributed by atoms with Crippen LogP contribution in [0.25, 0.3) is 0 Å². The third-order valence-corrected chi connectivity index (χ3v) is 16.9. The number of nitrogens with zero attached hydrogens (tertiary/aromatic N) is 2. The minimum atomic E-state index is 0.00315.